The maximum Gasteiger partial charge on any atom is 0.261 e. The van der Waals surface area contributed by atoms with Crippen LogP contribution in [0.4, 0.5) is 4.39 Å². The Bertz CT molecular complexity index is 940. The van der Waals surface area contributed by atoms with E-state index in [2.05, 4.69) is 9.97 Å². The van der Waals surface area contributed by atoms with E-state index in [1.165, 1.54) is 29.1 Å². The fraction of sp³-hybridized carbons (Fsp3) is 0.188. The van der Waals surface area contributed by atoms with Crippen LogP contribution in [0.2, 0.25) is 0 Å². The number of hydrogen-bond acceptors (Lipinski definition) is 3. The van der Waals surface area contributed by atoms with Gasteiger partial charge in [0, 0.05) is 23.0 Å². The van der Waals surface area contributed by atoms with Gasteiger partial charge < -0.3 is 4.98 Å². The quantitative estimate of drug-likeness (QED) is 0.755. The Morgan fingerprint density at radius 2 is 2.09 bits per heavy atom. The van der Waals surface area contributed by atoms with Crippen molar-refractivity contribution in [2.24, 2.45) is 0 Å². The van der Waals surface area contributed by atoms with E-state index in [9.17, 15) is 14.0 Å². The molecule has 112 valence electrons. The topological polar surface area (TPSA) is 67.8 Å². The molecule has 0 aliphatic heterocycles. The SMILES string of the molecule is Cc1cc(C(=O)Cn2cnc3cc(F)ccc3c2=O)c(C)[nH]1. The molecular formula is C16H14FN3O2. The Labute approximate surface area is 125 Å². The molecule has 3 rings (SSSR count). The molecular weight excluding hydrogens is 285 g/mol. The van der Waals surface area contributed by atoms with Crippen molar-refractivity contribution in [1.29, 1.82) is 0 Å². The normalized spacial score (nSPS) is 11.0. The number of rotatable bonds is 3. The van der Waals surface area contributed by atoms with Crippen molar-refractivity contribution < 1.29 is 9.18 Å². The van der Waals surface area contributed by atoms with E-state index in [0.717, 1.165) is 11.4 Å². The van der Waals surface area contributed by atoms with Gasteiger partial charge in [0.2, 0.25) is 0 Å². The molecule has 0 saturated carbocycles. The fourth-order valence-corrected chi connectivity index (χ4v) is 2.50. The van der Waals surface area contributed by atoms with Crippen LogP contribution in [0.25, 0.3) is 10.9 Å². The molecule has 0 spiro atoms. The van der Waals surface area contributed by atoms with Crippen molar-refractivity contribution in [2.45, 2.75) is 20.4 Å². The van der Waals surface area contributed by atoms with Crippen LogP contribution >= 0.6 is 0 Å². The first-order chi connectivity index (χ1) is 10.5. The number of carbonyl (C=O) groups is 1. The molecule has 1 N–H and O–H groups in total. The number of aryl methyl sites for hydroxylation is 2. The Morgan fingerprint density at radius 1 is 1.32 bits per heavy atom. The van der Waals surface area contributed by atoms with E-state index in [1.54, 1.807) is 6.07 Å². The summed E-state index contributed by atoms with van der Waals surface area (Å²) in [5, 5.41) is 0.290. The molecule has 0 amide bonds. The molecule has 22 heavy (non-hydrogen) atoms. The summed E-state index contributed by atoms with van der Waals surface area (Å²) in [6.45, 7) is 3.57. The molecule has 0 bridgehead atoms. The molecule has 0 aliphatic rings. The van der Waals surface area contributed by atoms with E-state index in [4.69, 9.17) is 0 Å². The number of nitrogens with one attached hydrogen (secondary N) is 1. The highest BCUT2D eigenvalue weighted by atomic mass is 19.1. The van der Waals surface area contributed by atoms with Gasteiger partial charge in [0.25, 0.3) is 5.56 Å². The third-order valence-electron chi connectivity index (χ3n) is 3.55. The van der Waals surface area contributed by atoms with E-state index in [0.29, 0.717) is 10.9 Å². The number of aromatic nitrogens is 3. The molecule has 0 aliphatic carbocycles. The minimum absolute atomic E-state index is 0.0999. The third kappa shape index (κ3) is 2.43. The van der Waals surface area contributed by atoms with Gasteiger partial charge in [-0.2, -0.15) is 0 Å². The second-order valence-electron chi connectivity index (χ2n) is 5.25. The standard InChI is InChI=1S/C16H14FN3O2/c1-9-5-13(10(2)19-9)15(21)7-20-8-18-14-6-11(17)3-4-12(14)16(20)22/h3-6,8,19H,7H2,1-2H3. The van der Waals surface area contributed by atoms with Crippen molar-refractivity contribution >= 4 is 16.7 Å². The second-order valence-corrected chi connectivity index (χ2v) is 5.25. The number of benzene rings is 1. The van der Waals surface area contributed by atoms with Gasteiger partial charge in [0.1, 0.15) is 5.82 Å². The number of nitrogens with zero attached hydrogens (tertiary/aromatic N) is 2. The number of ketones is 1. The first-order valence-electron chi connectivity index (χ1n) is 6.80. The lowest BCUT2D eigenvalue weighted by Crippen LogP contribution is -2.24. The smallest absolute Gasteiger partial charge is 0.261 e. The van der Waals surface area contributed by atoms with E-state index in [-0.39, 0.29) is 23.4 Å². The molecule has 2 aromatic heterocycles. The summed E-state index contributed by atoms with van der Waals surface area (Å²) in [4.78, 5) is 31.8. The average molecular weight is 299 g/mol. The van der Waals surface area contributed by atoms with Crippen molar-refractivity contribution in [3.8, 4) is 0 Å². The predicted molar refractivity (Wildman–Crippen MR) is 80.6 cm³/mol. The molecule has 1 aromatic carbocycles. The number of Topliss-reactive ketones (excluding diaryl/α,β-unsaturated/α-hetero) is 1. The minimum atomic E-state index is -0.452. The summed E-state index contributed by atoms with van der Waals surface area (Å²) in [7, 11) is 0. The van der Waals surface area contributed by atoms with E-state index < -0.39 is 5.82 Å². The number of H-pyrrole nitrogens is 1. The van der Waals surface area contributed by atoms with Gasteiger partial charge in [0.15, 0.2) is 5.78 Å². The highest BCUT2D eigenvalue weighted by molar-refractivity contribution is 5.97. The number of carbonyl (C=O) groups excluding carboxylic acids is 1. The highest BCUT2D eigenvalue weighted by Crippen LogP contribution is 2.12. The lowest BCUT2D eigenvalue weighted by molar-refractivity contribution is 0.0970. The van der Waals surface area contributed by atoms with Crippen LogP contribution in [0, 0.1) is 19.7 Å². The molecule has 6 heteroatoms. The lowest BCUT2D eigenvalue weighted by Gasteiger charge is -2.06. The van der Waals surface area contributed by atoms with Gasteiger partial charge in [-0.05, 0) is 32.0 Å². The number of halogens is 1. The summed E-state index contributed by atoms with van der Waals surface area (Å²) in [6.07, 6.45) is 1.27. The molecule has 3 aromatic rings. The molecule has 0 unspecified atom stereocenters. The summed E-state index contributed by atoms with van der Waals surface area (Å²) in [5.41, 5.74) is 2.14. The fourth-order valence-electron chi connectivity index (χ4n) is 2.50. The van der Waals surface area contributed by atoms with Gasteiger partial charge in [-0.1, -0.05) is 0 Å². The summed E-state index contributed by atoms with van der Waals surface area (Å²) < 4.78 is 14.4. The Hall–Kier alpha value is -2.76. The average Bonchev–Trinajstić information content (AvgIpc) is 2.81. The van der Waals surface area contributed by atoms with Crippen molar-refractivity contribution in [1.82, 2.24) is 14.5 Å². The molecule has 0 atom stereocenters. The lowest BCUT2D eigenvalue weighted by atomic mass is 10.1. The number of aromatic amines is 1. The maximum atomic E-state index is 13.1. The van der Waals surface area contributed by atoms with Crippen LogP contribution in [-0.4, -0.2) is 20.3 Å². The molecule has 0 radical (unpaired) electrons. The van der Waals surface area contributed by atoms with Gasteiger partial charge in [-0.25, -0.2) is 9.37 Å². The van der Waals surface area contributed by atoms with Gasteiger partial charge in [-0.3, -0.25) is 14.2 Å². The van der Waals surface area contributed by atoms with Crippen LogP contribution in [0.15, 0.2) is 35.4 Å². The monoisotopic (exact) mass is 299 g/mol. The molecule has 2 heterocycles. The van der Waals surface area contributed by atoms with E-state index >= 15 is 0 Å². The zero-order valence-electron chi connectivity index (χ0n) is 12.2. The van der Waals surface area contributed by atoms with Gasteiger partial charge in [-0.15, -0.1) is 0 Å². The van der Waals surface area contributed by atoms with Gasteiger partial charge >= 0.3 is 0 Å². The molecule has 0 fully saturated rings. The minimum Gasteiger partial charge on any atom is -0.362 e. The van der Waals surface area contributed by atoms with Crippen LogP contribution < -0.4 is 5.56 Å². The van der Waals surface area contributed by atoms with Crippen LogP contribution in [0.5, 0.6) is 0 Å². The maximum absolute atomic E-state index is 13.1. The Balaban J connectivity index is 1.99. The Kier molecular flexibility index (Phi) is 3.36. The predicted octanol–water partition coefficient (Wildman–Crippen LogP) is 2.36. The zero-order chi connectivity index (χ0) is 15.9. The number of hydrogen-bond donors (Lipinski definition) is 1. The van der Waals surface area contributed by atoms with E-state index in [1.807, 2.05) is 13.8 Å². The zero-order valence-corrected chi connectivity index (χ0v) is 12.2. The van der Waals surface area contributed by atoms with Crippen LogP contribution in [-0.2, 0) is 6.54 Å². The Morgan fingerprint density at radius 3 is 2.77 bits per heavy atom. The van der Waals surface area contributed by atoms with Crippen molar-refractivity contribution in [3.63, 3.8) is 0 Å². The largest absolute Gasteiger partial charge is 0.362 e. The summed E-state index contributed by atoms with van der Waals surface area (Å²) >= 11 is 0. The third-order valence-corrected chi connectivity index (χ3v) is 3.55. The van der Waals surface area contributed by atoms with Crippen LogP contribution in [0.1, 0.15) is 21.7 Å². The summed E-state index contributed by atoms with van der Waals surface area (Å²) in [6, 6.07) is 5.54. The summed E-state index contributed by atoms with van der Waals surface area (Å²) in [5.74, 6) is -0.626. The second kappa shape index (κ2) is 5.22. The highest BCUT2D eigenvalue weighted by Gasteiger charge is 2.14. The molecule has 0 saturated heterocycles. The van der Waals surface area contributed by atoms with Gasteiger partial charge in [0.05, 0.1) is 23.8 Å². The molecule has 5 nitrogen and oxygen atoms in total. The van der Waals surface area contributed by atoms with Crippen LogP contribution in [0.3, 0.4) is 0 Å². The number of fused-ring (bicyclic) bond motifs is 1. The first-order valence-corrected chi connectivity index (χ1v) is 6.80. The van der Waals surface area contributed by atoms with Crippen molar-refractivity contribution in [2.75, 3.05) is 0 Å². The first kappa shape index (κ1) is 14.2. The van der Waals surface area contributed by atoms with Crippen molar-refractivity contribution in [3.05, 3.63) is 63.7 Å².